The Morgan fingerprint density at radius 1 is 1.31 bits per heavy atom. The molecule has 1 heterocycles. The summed E-state index contributed by atoms with van der Waals surface area (Å²) in [5.74, 6) is -2.44. The number of aliphatic carboxylic acids is 2. The van der Waals surface area contributed by atoms with E-state index in [1.807, 2.05) is 0 Å². The van der Waals surface area contributed by atoms with E-state index in [1.54, 1.807) is 0 Å². The van der Waals surface area contributed by atoms with Crippen molar-refractivity contribution >= 4 is 18.0 Å². The van der Waals surface area contributed by atoms with Crippen molar-refractivity contribution in [2.75, 3.05) is 6.61 Å². The predicted molar refractivity (Wildman–Crippen MR) is 94.4 cm³/mol. The fraction of sp³-hybridized carbons (Fsp3) is 0.688. The summed E-state index contributed by atoms with van der Waals surface area (Å²) in [5.41, 5.74) is 5.30. The molecule has 29 heavy (non-hydrogen) atoms. The molecule has 1 unspecified atom stereocenters. The molecule has 0 spiro atoms. The molecule has 0 aliphatic heterocycles. The molecular weight excluding hydrogens is 390 g/mol. The molecule has 2 amide bonds. The van der Waals surface area contributed by atoms with Crippen LogP contribution in [0.3, 0.4) is 0 Å². The van der Waals surface area contributed by atoms with Gasteiger partial charge in [0.15, 0.2) is 11.9 Å². The Labute approximate surface area is 165 Å². The maximum absolute atomic E-state index is 12.2. The first-order valence-electron chi connectivity index (χ1n) is 8.99. The van der Waals surface area contributed by atoms with Gasteiger partial charge < -0.3 is 41.3 Å². The zero-order valence-electron chi connectivity index (χ0n) is 15.7. The molecule has 8 N–H and O–H groups in total. The van der Waals surface area contributed by atoms with E-state index >= 15 is 0 Å². The molecule has 3 atom stereocenters. The number of nitrogens with two attached hydrogens (primary N) is 1. The molecule has 1 aromatic heterocycles. The molecule has 162 valence electrons. The molecule has 0 radical (unpaired) electrons. The van der Waals surface area contributed by atoms with Crippen LogP contribution in [0, 0.1) is 5.92 Å². The second-order valence-electron chi connectivity index (χ2n) is 7.23. The number of carbonyl (C=O) groups is 3. The Bertz CT molecular complexity index is 745. The molecule has 13 nitrogen and oxygen atoms in total. The number of amides is 2. The number of hydrogen-bond donors (Lipinski definition) is 7. The average molecular weight is 415 g/mol. The standard InChI is InChI=1S/C16H25N5O8/c1-7(23)11(13(26)27)19-15(28)18-9(2-3-10(24)25)12-20-14(21-29-12)16(17)4-8(5-16)6-22/h7-9,11,22-23H,2-6,17H2,1H3,(H,24,25)(H,26,27)(H2,18,19,28)/t7-,8?,9?,11+,16?/m1/s1. The lowest BCUT2D eigenvalue weighted by molar-refractivity contribution is -0.141. The molecule has 1 fully saturated rings. The monoisotopic (exact) mass is 415 g/mol. The Kier molecular flexibility index (Phi) is 7.11. The largest absolute Gasteiger partial charge is 0.481 e. The fourth-order valence-corrected chi connectivity index (χ4v) is 3.12. The summed E-state index contributed by atoms with van der Waals surface area (Å²) in [4.78, 5) is 38.3. The summed E-state index contributed by atoms with van der Waals surface area (Å²) in [6.07, 6.45) is -0.897. The van der Waals surface area contributed by atoms with Gasteiger partial charge in [0.2, 0.25) is 5.89 Å². The third kappa shape index (κ3) is 5.62. The number of carboxylic acids is 2. The molecular formula is C16H25N5O8. The lowest BCUT2D eigenvalue weighted by Crippen LogP contribution is -2.52. The zero-order valence-corrected chi connectivity index (χ0v) is 15.7. The highest BCUT2D eigenvalue weighted by Gasteiger charge is 2.46. The Morgan fingerprint density at radius 3 is 2.48 bits per heavy atom. The average Bonchev–Trinajstić information content (AvgIpc) is 3.10. The van der Waals surface area contributed by atoms with Crippen LogP contribution in [0.15, 0.2) is 4.52 Å². The van der Waals surface area contributed by atoms with Gasteiger partial charge >= 0.3 is 18.0 Å². The van der Waals surface area contributed by atoms with Gasteiger partial charge in [-0.15, -0.1) is 0 Å². The van der Waals surface area contributed by atoms with Gasteiger partial charge in [0.05, 0.1) is 11.6 Å². The van der Waals surface area contributed by atoms with Crippen molar-refractivity contribution in [3.8, 4) is 0 Å². The summed E-state index contributed by atoms with van der Waals surface area (Å²) in [6, 6.07) is -3.54. The maximum atomic E-state index is 12.2. The molecule has 1 aliphatic rings. The summed E-state index contributed by atoms with van der Waals surface area (Å²) >= 11 is 0. The van der Waals surface area contributed by atoms with Gasteiger partial charge in [0.1, 0.15) is 6.04 Å². The van der Waals surface area contributed by atoms with E-state index in [0.717, 1.165) is 0 Å². The van der Waals surface area contributed by atoms with Gasteiger partial charge in [-0.1, -0.05) is 5.16 Å². The number of carboxylic acid groups (broad SMARTS) is 2. The van der Waals surface area contributed by atoms with Gasteiger partial charge in [-0.05, 0) is 32.1 Å². The van der Waals surface area contributed by atoms with Crippen molar-refractivity contribution in [3.05, 3.63) is 11.7 Å². The van der Waals surface area contributed by atoms with Crippen LogP contribution in [-0.4, -0.2) is 67.3 Å². The predicted octanol–water partition coefficient (Wildman–Crippen LogP) is -1.33. The number of carbonyl (C=O) groups excluding carboxylic acids is 1. The fourth-order valence-electron chi connectivity index (χ4n) is 3.12. The minimum absolute atomic E-state index is 0.0132. The van der Waals surface area contributed by atoms with Gasteiger partial charge in [-0.3, -0.25) is 4.79 Å². The van der Waals surface area contributed by atoms with Gasteiger partial charge in [-0.25, -0.2) is 9.59 Å². The minimum Gasteiger partial charge on any atom is -0.481 e. The van der Waals surface area contributed by atoms with Crippen molar-refractivity contribution in [1.29, 1.82) is 0 Å². The quantitative estimate of drug-likeness (QED) is 0.237. The third-order valence-corrected chi connectivity index (χ3v) is 4.74. The first-order chi connectivity index (χ1) is 13.6. The first-order valence-corrected chi connectivity index (χ1v) is 8.99. The number of hydrogen-bond acceptors (Lipinski definition) is 9. The maximum Gasteiger partial charge on any atom is 0.328 e. The van der Waals surface area contributed by atoms with Crippen LogP contribution >= 0.6 is 0 Å². The van der Waals surface area contributed by atoms with E-state index in [2.05, 4.69) is 20.8 Å². The minimum atomic E-state index is -1.56. The van der Waals surface area contributed by atoms with Crippen LogP contribution in [0.4, 0.5) is 4.79 Å². The number of aromatic nitrogens is 2. The topological polar surface area (TPSA) is 221 Å². The van der Waals surface area contributed by atoms with Crippen molar-refractivity contribution in [2.24, 2.45) is 11.7 Å². The number of urea groups is 1. The third-order valence-electron chi connectivity index (χ3n) is 4.74. The first kappa shape index (κ1) is 22.5. The number of aliphatic hydroxyl groups excluding tert-OH is 2. The smallest absolute Gasteiger partial charge is 0.328 e. The van der Waals surface area contributed by atoms with E-state index in [9.17, 15) is 19.5 Å². The lowest BCUT2D eigenvalue weighted by atomic mass is 9.69. The van der Waals surface area contributed by atoms with Crippen molar-refractivity contribution < 1.29 is 39.3 Å². The Hall–Kier alpha value is -2.77. The molecule has 2 rings (SSSR count). The molecule has 1 aromatic rings. The zero-order chi connectivity index (χ0) is 21.8. The van der Waals surface area contributed by atoms with E-state index in [4.69, 9.17) is 25.6 Å². The van der Waals surface area contributed by atoms with Crippen LogP contribution in [0.25, 0.3) is 0 Å². The molecule has 0 aromatic carbocycles. The van der Waals surface area contributed by atoms with E-state index < -0.39 is 41.7 Å². The van der Waals surface area contributed by atoms with Crippen LogP contribution < -0.4 is 16.4 Å². The van der Waals surface area contributed by atoms with Crippen molar-refractivity contribution in [2.45, 2.75) is 56.3 Å². The number of aliphatic hydroxyl groups is 2. The van der Waals surface area contributed by atoms with Gasteiger partial charge in [0.25, 0.3) is 0 Å². The van der Waals surface area contributed by atoms with Crippen LogP contribution in [0.1, 0.15) is 50.4 Å². The highest BCUT2D eigenvalue weighted by Crippen LogP contribution is 2.42. The normalized spacial score (nSPS) is 24.1. The summed E-state index contributed by atoms with van der Waals surface area (Å²) in [6.45, 7) is 1.19. The molecule has 0 bridgehead atoms. The van der Waals surface area contributed by atoms with Gasteiger partial charge in [0, 0.05) is 13.0 Å². The number of nitrogens with zero attached hydrogens (tertiary/aromatic N) is 2. The number of rotatable bonds is 10. The summed E-state index contributed by atoms with van der Waals surface area (Å²) in [7, 11) is 0. The molecule has 0 saturated heterocycles. The van der Waals surface area contributed by atoms with Crippen molar-refractivity contribution in [3.63, 3.8) is 0 Å². The highest BCUT2D eigenvalue weighted by molar-refractivity contribution is 5.83. The van der Waals surface area contributed by atoms with E-state index in [1.165, 1.54) is 6.92 Å². The Balaban J connectivity index is 2.11. The SMILES string of the molecule is C[C@@H](O)[C@H](NC(=O)NC(CCC(=O)O)c1nc(C2(N)CC(CO)C2)no1)C(=O)O. The second-order valence-corrected chi connectivity index (χ2v) is 7.23. The van der Waals surface area contributed by atoms with Crippen LogP contribution in [0.5, 0.6) is 0 Å². The molecule has 13 heteroatoms. The van der Waals surface area contributed by atoms with Gasteiger partial charge in [-0.2, -0.15) is 4.98 Å². The molecule has 1 aliphatic carbocycles. The van der Waals surface area contributed by atoms with Crippen LogP contribution in [0.2, 0.25) is 0 Å². The van der Waals surface area contributed by atoms with Crippen molar-refractivity contribution in [1.82, 2.24) is 20.8 Å². The number of nitrogens with one attached hydrogen (secondary N) is 2. The van der Waals surface area contributed by atoms with E-state index in [0.29, 0.717) is 12.8 Å². The summed E-state index contributed by atoms with van der Waals surface area (Å²) in [5, 5.41) is 44.8. The van der Waals surface area contributed by atoms with E-state index in [-0.39, 0.29) is 37.1 Å². The molecule has 1 saturated carbocycles. The highest BCUT2D eigenvalue weighted by atomic mass is 16.5. The second kappa shape index (κ2) is 9.15. The van der Waals surface area contributed by atoms with Crippen LogP contribution in [-0.2, 0) is 15.1 Å². The Morgan fingerprint density at radius 2 is 1.97 bits per heavy atom. The summed E-state index contributed by atoms with van der Waals surface area (Å²) < 4.78 is 5.15. The lowest BCUT2D eigenvalue weighted by Gasteiger charge is -2.41.